The van der Waals surface area contributed by atoms with Crippen LogP contribution in [0.3, 0.4) is 0 Å². The Hall–Kier alpha value is -1.43. The third-order valence-corrected chi connectivity index (χ3v) is 4.86. The van der Waals surface area contributed by atoms with Crippen LogP contribution < -0.4 is 10.6 Å². The smallest absolute Gasteiger partial charge is 0.254 e. The molecule has 1 aromatic rings. The average Bonchev–Trinajstić information content (AvgIpc) is 2.76. The van der Waals surface area contributed by atoms with Crippen LogP contribution in [0.5, 0.6) is 0 Å². The summed E-state index contributed by atoms with van der Waals surface area (Å²) in [7, 11) is 1.67. The van der Waals surface area contributed by atoms with Crippen LogP contribution in [-0.2, 0) is 20.8 Å². The van der Waals surface area contributed by atoms with Gasteiger partial charge in [0.15, 0.2) is 5.96 Å². The molecule has 0 aliphatic carbocycles. The molecule has 0 bridgehead atoms. The van der Waals surface area contributed by atoms with Gasteiger partial charge in [0.1, 0.15) is 0 Å². The second-order valence-corrected chi connectivity index (χ2v) is 7.75. The molecule has 2 atom stereocenters. The lowest BCUT2D eigenvalue weighted by atomic mass is 10.1. The minimum absolute atomic E-state index is 0. The van der Waals surface area contributed by atoms with Crippen LogP contribution in [0, 0.1) is 0 Å². The van der Waals surface area contributed by atoms with E-state index in [-0.39, 0.29) is 42.1 Å². The number of hydrogen-bond acceptors (Lipinski definition) is 5. The second kappa shape index (κ2) is 16.2. The molecule has 0 aromatic heterocycles. The molecule has 1 aliphatic rings. The molecule has 0 spiro atoms. The molecule has 32 heavy (non-hydrogen) atoms. The molecule has 1 fully saturated rings. The number of nitrogens with zero attached hydrogens (tertiary/aromatic N) is 2. The molecule has 0 saturated carbocycles. The summed E-state index contributed by atoms with van der Waals surface area (Å²) in [5, 5.41) is 6.57. The molecular formula is C23H39IN4O4. The molecule has 2 rings (SSSR count). The van der Waals surface area contributed by atoms with Gasteiger partial charge in [-0.3, -0.25) is 4.79 Å². The Morgan fingerprint density at radius 3 is 2.44 bits per heavy atom. The summed E-state index contributed by atoms with van der Waals surface area (Å²) in [6, 6.07) is 7.71. The van der Waals surface area contributed by atoms with Crippen molar-refractivity contribution in [2.45, 2.75) is 45.9 Å². The first-order chi connectivity index (χ1) is 15.0. The molecule has 1 saturated heterocycles. The maximum Gasteiger partial charge on any atom is 0.254 e. The van der Waals surface area contributed by atoms with E-state index in [0.29, 0.717) is 45.0 Å². The van der Waals surface area contributed by atoms with Gasteiger partial charge in [-0.05, 0) is 44.9 Å². The first-order valence-corrected chi connectivity index (χ1v) is 11.2. The molecule has 0 radical (unpaired) electrons. The quantitative estimate of drug-likeness (QED) is 0.187. The summed E-state index contributed by atoms with van der Waals surface area (Å²) < 4.78 is 16.1. The van der Waals surface area contributed by atoms with Crippen molar-refractivity contribution in [3.05, 3.63) is 35.4 Å². The Labute approximate surface area is 209 Å². The van der Waals surface area contributed by atoms with Gasteiger partial charge in [0.25, 0.3) is 5.91 Å². The highest BCUT2D eigenvalue weighted by Gasteiger charge is 2.26. The average molecular weight is 562 g/mol. The van der Waals surface area contributed by atoms with E-state index >= 15 is 0 Å². The number of methoxy groups -OCH3 is 1. The van der Waals surface area contributed by atoms with Crippen LogP contribution in [0.4, 0.5) is 0 Å². The highest BCUT2D eigenvalue weighted by atomic mass is 127. The van der Waals surface area contributed by atoms with Crippen molar-refractivity contribution in [3.63, 3.8) is 0 Å². The monoisotopic (exact) mass is 562 g/mol. The molecule has 9 heteroatoms. The lowest BCUT2D eigenvalue weighted by Gasteiger charge is -2.35. The van der Waals surface area contributed by atoms with Gasteiger partial charge in [0, 0.05) is 45.5 Å². The highest BCUT2D eigenvalue weighted by Crippen LogP contribution is 2.15. The molecular weight excluding hydrogens is 523 g/mol. The molecule has 8 nitrogen and oxygen atoms in total. The number of rotatable bonds is 11. The number of morpholine rings is 1. The maximum atomic E-state index is 12.8. The van der Waals surface area contributed by atoms with Crippen molar-refractivity contribution in [1.29, 1.82) is 0 Å². The summed E-state index contributed by atoms with van der Waals surface area (Å²) in [6.07, 6.45) is 1.02. The second-order valence-electron chi connectivity index (χ2n) is 7.75. The van der Waals surface area contributed by atoms with E-state index in [1.807, 2.05) is 49.9 Å². The van der Waals surface area contributed by atoms with Gasteiger partial charge < -0.3 is 29.7 Å². The number of ether oxygens (including phenoxy) is 3. The summed E-state index contributed by atoms with van der Waals surface area (Å²) >= 11 is 0. The van der Waals surface area contributed by atoms with Crippen LogP contribution in [0.1, 0.15) is 43.1 Å². The summed E-state index contributed by atoms with van der Waals surface area (Å²) in [6.45, 7) is 11.3. The van der Waals surface area contributed by atoms with Crippen molar-refractivity contribution in [2.75, 3.05) is 53.1 Å². The number of nitrogens with one attached hydrogen (secondary N) is 2. The van der Waals surface area contributed by atoms with E-state index in [2.05, 4.69) is 15.6 Å². The van der Waals surface area contributed by atoms with Crippen LogP contribution in [0.15, 0.2) is 29.3 Å². The van der Waals surface area contributed by atoms with Gasteiger partial charge in [0.2, 0.25) is 0 Å². The topological polar surface area (TPSA) is 84.4 Å². The zero-order valence-corrected chi connectivity index (χ0v) is 22.1. The highest BCUT2D eigenvalue weighted by molar-refractivity contribution is 14.0. The Bertz CT molecular complexity index is 677. The lowest BCUT2D eigenvalue weighted by molar-refractivity contribution is -0.0586. The predicted molar refractivity (Wildman–Crippen MR) is 138 cm³/mol. The van der Waals surface area contributed by atoms with Crippen molar-refractivity contribution in [2.24, 2.45) is 4.99 Å². The summed E-state index contributed by atoms with van der Waals surface area (Å²) in [5.74, 6) is 0.829. The maximum absolute atomic E-state index is 12.8. The number of carbonyl (C=O) groups is 1. The van der Waals surface area contributed by atoms with E-state index in [1.54, 1.807) is 7.11 Å². The number of aliphatic imine (C=N–C) groups is 1. The van der Waals surface area contributed by atoms with Crippen molar-refractivity contribution >= 4 is 35.8 Å². The van der Waals surface area contributed by atoms with Crippen LogP contribution in [-0.4, -0.2) is 82.1 Å². The lowest BCUT2D eigenvalue weighted by Crippen LogP contribution is -2.48. The standard InChI is InChI=1S/C23H38N4O4.HI/c1-5-24-23(25-11-6-12-30-14-13-29-4)26-15-20-7-9-21(10-8-20)22(28)27-16-18(2)31-19(3)17-27;/h7-10,18-19H,5-6,11-17H2,1-4H3,(H2,24,25,26);1H. The number of amides is 1. The fourth-order valence-electron chi connectivity index (χ4n) is 3.42. The number of benzene rings is 1. The third-order valence-electron chi connectivity index (χ3n) is 4.86. The Morgan fingerprint density at radius 1 is 1.12 bits per heavy atom. The fraction of sp³-hybridized carbons (Fsp3) is 0.652. The van der Waals surface area contributed by atoms with E-state index in [4.69, 9.17) is 14.2 Å². The summed E-state index contributed by atoms with van der Waals surface area (Å²) in [4.78, 5) is 19.3. The summed E-state index contributed by atoms with van der Waals surface area (Å²) in [5.41, 5.74) is 1.76. The molecule has 2 unspecified atom stereocenters. The van der Waals surface area contributed by atoms with Crippen molar-refractivity contribution < 1.29 is 19.0 Å². The van der Waals surface area contributed by atoms with E-state index in [0.717, 1.165) is 31.0 Å². The fourth-order valence-corrected chi connectivity index (χ4v) is 3.42. The van der Waals surface area contributed by atoms with Gasteiger partial charge in [-0.1, -0.05) is 12.1 Å². The number of carbonyl (C=O) groups excluding carboxylic acids is 1. The molecule has 1 amide bonds. The molecule has 2 N–H and O–H groups in total. The van der Waals surface area contributed by atoms with Crippen LogP contribution >= 0.6 is 24.0 Å². The number of guanidine groups is 1. The zero-order valence-electron chi connectivity index (χ0n) is 19.8. The zero-order chi connectivity index (χ0) is 22.5. The predicted octanol–water partition coefficient (Wildman–Crippen LogP) is 2.66. The van der Waals surface area contributed by atoms with Crippen LogP contribution in [0.25, 0.3) is 0 Å². The van der Waals surface area contributed by atoms with Gasteiger partial charge in [-0.25, -0.2) is 4.99 Å². The molecule has 182 valence electrons. The van der Waals surface area contributed by atoms with E-state index in [9.17, 15) is 4.79 Å². The Morgan fingerprint density at radius 2 is 1.81 bits per heavy atom. The van der Waals surface area contributed by atoms with E-state index in [1.165, 1.54) is 0 Å². The SMILES string of the molecule is CCNC(=NCc1ccc(C(=O)N2CC(C)OC(C)C2)cc1)NCCCOCCOC.I. The van der Waals surface area contributed by atoms with Gasteiger partial charge in [-0.2, -0.15) is 0 Å². The van der Waals surface area contributed by atoms with Crippen LogP contribution in [0.2, 0.25) is 0 Å². The largest absolute Gasteiger partial charge is 0.382 e. The first-order valence-electron chi connectivity index (χ1n) is 11.2. The molecule has 1 heterocycles. The minimum Gasteiger partial charge on any atom is -0.382 e. The first kappa shape index (κ1) is 28.6. The van der Waals surface area contributed by atoms with E-state index < -0.39 is 0 Å². The van der Waals surface area contributed by atoms with Gasteiger partial charge in [0.05, 0.1) is 32.0 Å². The Balaban J connectivity index is 0.00000512. The number of halogens is 1. The van der Waals surface area contributed by atoms with Crippen molar-refractivity contribution in [3.8, 4) is 0 Å². The molecule has 1 aromatic carbocycles. The molecule has 1 aliphatic heterocycles. The number of hydrogen-bond donors (Lipinski definition) is 2. The minimum atomic E-state index is 0. The van der Waals surface area contributed by atoms with Crippen molar-refractivity contribution in [1.82, 2.24) is 15.5 Å². The third kappa shape index (κ3) is 10.5. The normalized spacial score (nSPS) is 18.8. The Kier molecular flexibility index (Phi) is 14.5. The van der Waals surface area contributed by atoms with Gasteiger partial charge in [-0.15, -0.1) is 24.0 Å². The van der Waals surface area contributed by atoms with Gasteiger partial charge >= 0.3 is 0 Å².